The molecule has 0 aliphatic heterocycles. The van der Waals surface area contributed by atoms with Gasteiger partial charge in [-0.3, -0.25) is 14.4 Å². The molecule has 136 valence electrons. The first kappa shape index (κ1) is 19.2. The lowest BCUT2D eigenvalue weighted by atomic mass is 10.1. The average Bonchev–Trinajstić information content (AvgIpc) is 2.64. The van der Waals surface area contributed by atoms with Gasteiger partial charge in [0.05, 0.1) is 0 Å². The molecule has 0 spiro atoms. The summed E-state index contributed by atoms with van der Waals surface area (Å²) in [6, 6.07) is 13.8. The number of nitrogens with one attached hydrogen (secondary N) is 1. The van der Waals surface area contributed by atoms with Crippen molar-refractivity contribution >= 4 is 17.6 Å². The summed E-state index contributed by atoms with van der Waals surface area (Å²) in [5, 5.41) is 2.75. The lowest BCUT2D eigenvalue weighted by Gasteiger charge is -2.11. The van der Waals surface area contributed by atoms with Gasteiger partial charge in [0, 0.05) is 31.8 Å². The number of hydrogen-bond donors (Lipinski definition) is 1. The largest absolute Gasteiger partial charge is 0.484 e. The fraction of sp³-hybridized carbons (Fsp3) is 0.250. The Morgan fingerprint density at radius 3 is 2.31 bits per heavy atom. The number of rotatable bonds is 7. The van der Waals surface area contributed by atoms with Gasteiger partial charge >= 0.3 is 0 Å². The lowest BCUT2D eigenvalue weighted by Crippen LogP contribution is -2.28. The summed E-state index contributed by atoms with van der Waals surface area (Å²) in [7, 11) is 3.39. The van der Waals surface area contributed by atoms with Crippen LogP contribution in [0.5, 0.6) is 5.75 Å². The molecule has 0 saturated carbocycles. The van der Waals surface area contributed by atoms with Gasteiger partial charge in [0.25, 0.3) is 11.8 Å². The average molecular weight is 354 g/mol. The van der Waals surface area contributed by atoms with Gasteiger partial charge in [-0.1, -0.05) is 24.3 Å². The Labute approximate surface area is 152 Å². The van der Waals surface area contributed by atoms with Crippen molar-refractivity contribution in [2.75, 3.05) is 20.7 Å². The molecule has 0 fully saturated rings. The topological polar surface area (TPSA) is 75.7 Å². The van der Waals surface area contributed by atoms with Crippen molar-refractivity contribution in [1.82, 2.24) is 10.2 Å². The zero-order chi connectivity index (χ0) is 19.1. The first-order chi connectivity index (χ1) is 12.4. The summed E-state index contributed by atoms with van der Waals surface area (Å²) in [6.45, 7) is 1.67. The first-order valence-electron chi connectivity index (χ1n) is 8.18. The number of carbonyl (C=O) groups is 3. The van der Waals surface area contributed by atoms with Crippen LogP contribution in [0, 0.1) is 0 Å². The molecular weight excluding hydrogens is 332 g/mol. The Morgan fingerprint density at radius 2 is 1.69 bits per heavy atom. The van der Waals surface area contributed by atoms with Crippen LogP contribution in [0.1, 0.15) is 33.2 Å². The van der Waals surface area contributed by atoms with Gasteiger partial charge in [0.1, 0.15) is 5.75 Å². The van der Waals surface area contributed by atoms with Crippen LogP contribution in [0.25, 0.3) is 0 Å². The summed E-state index contributed by atoms with van der Waals surface area (Å²) in [5.41, 5.74) is 2.02. The quantitative estimate of drug-likeness (QED) is 0.774. The zero-order valence-electron chi connectivity index (χ0n) is 15.1. The molecule has 2 rings (SSSR count). The molecule has 0 aromatic heterocycles. The van der Waals surface area contributed by atoms with Crippen LogP contribution in [0.3, 0.4) is 0 Å². The van der Waals surface area contributed by atoms with E-state index in [0.717, 1.165) is 5.56 Å². The Morgan fingerprint density at radius 1 is 1.00 bits per heavy atom. The second kappa shape index (κ2) is 8.80. The smallest absolute Gasteiger partial charge is 0.258 e. The summed E-state index contributed by atoms with van der Waals surface area (Å²) in [6.07, 6.45) is 0. The monoisotopic (exact) mass is 354 g/mol. The minimum Gasteiger partial charge on any atom is -0.484 e. The molecular formula is C20H22N2O4. The van der Waals surface area contributed by atoms with Gasteiger partial charge < -0.3 is 15.0 Å². The predicted octanol–water partition coefficient (Wildman–Crippen LogP) is 2.29. The Balaban J connectivity index is 1.82. The minimum atomic E-state index is -0.272. The zero-order valence-corrected chi connectivity index (χ0v) is 15.1. The predicted molar refractivity (Wildman–Crippen MR) is 98.2 cm³/mol. The maximum absolute atomic E-state index is 11.9. The van der Waals surface area contributed by atoms with Gasteiger partial charge in [-0.2, -0.15) is 0 Å². The third kappa shape index (κ3) is 5.44. The molecule has 0 bridgehead atoms. The second-order valence-corrected chi connectivity index (χ2v) is 6.05. The molecule has 6 nitrogen and oxygen atoms in total. The number of ketones is 1. The normalized spacial score (nSPS) is 10.1. The van der Waals surface area contributed by atoms with Crippen LogP contribution in [-0.2, 0) is 11.3 Å². The van der Waals surface area contributed by atoms with Crippen molar-refractivity contribution in [3.05, 3.63) is 65.2 Å². The number of hydrogen-bond acceptors (Lipinski definition) is 4. The van der Waals surface area contributed by atoms with Crippen LogP contribution < -0.4 is 10.1 Å². The Hall–Kier alpha value is -3.15. The highest BCUT2D eigenvalue weighted by atomic mass is 16.5. The number of amides is 2. The van der Waals surface area contributed by atoms with Crippen molar-refractivity contribution < 1.29 is 19.1 Å². The van der Waals surface area contributed by atoms with E-state index in [-0.39, 0.29) is 24.2 Å². The van der Waals surface area contributed by atoms with E-state index in [0.29, 0.717) is 23.4 Å². The van der Waals surface area contributed by atoms with Crippen LogP contribution in [0.2, 0.25) is 0 Å². The standard InChI is InChI=1S/C20H22N2O4/c1-14(23)17-5-4-6-18(11-17)26-13-19(24)21-12-15-7-9-16(10-8-15)20(25)22(2)3/h4-11H,12-13H2,1-3H3,(H,21,24). The molecule has 2 amide bonds. The van der Waals surface area contributed by atoms with Gasteiger partial charge in [0.15, 0.2) is 12.4 Å². The molecule has 0 aliphatic carbocycles. The van der Waals surface area contributed by atoms with E-state index >= 15 is 0 Å². The van der Waals surface area contributed by atoms with Crippen molar-refractivity contribution in [2.24, 2.45) is 0 Å². The van der Waals surface area contributed by atoms with E-state index in [4.69, 9.17) is 4.74 Å². The number of Topliss-reactive ketones (excluding diaryl/α,β-unsaturated/α-hetero) is 1. The number of nitrogens with zero attached hydrogens (tertiary/aromatic N) is 1. The second-order valence-electron chi connectivity index (χ2n) is 6.05. The van der Waals surface area contributed by atoms with E-state index < -0.39 is 0 Å². The van der Waals surface area contributed by atoms with Crippen molar-refractivity contribution in [3.63, 3.8) is 0 Å². The number of ether oxygens (including phenoxy) is 1. The molecule has 6 heteroatoms. The molecule has 0 aliphatic rings. The van der Waals surface area contributed by atoms with E-state index in [2.05, 4.69) is 5.32 Å². The van der Waals surface area contributed by atoms with Crippen LogP contribution >= 0.6 is 0 Å². The number of benzene rings is 2. The van der Waals surface area contributed by atoms with Crippen molar-refractivity contribution in [1.29, 1.82) is 0 Å². The van der Waals surface area contributed by atoms with Crippen LogP contribution in [0.15, 0.2) is 48.5 Å². The SMILES string of the molecule is CC(=O)c1cccc(OCC(=O)NCc2ccc(C(=O)N(C)C)cc2)c1. The minimum absolute atomic E-state index is 0.0592. The first-order valence-corrected chi connectivity index (χ1v) is 8.18. The van der Waals surface area contributed by atoms with Gasteiger partial charge in [-0.25, -0.2) is 0 Å². The molecule has 0 atom stereocenters. The molecule has 0 heterocycles. The van der Waals surface area contributed by atoms with E-state index in [1.54, 1.807) is 62.6 Å². The highest BCUT2D eigenvalue weighted by molar-refractivity contribution is 5.94. The molecule has 2 aromatic rings. The third-order valence-corrected chi connectivity index (χ3v) is 3.71. The molecule has 2 aromatic carbocycles. The van der Waals surface area contributed by atoms with Gasteiger partial charge in [-0.05, 0) is 36.8 Å². The van der Waals surface area contributed by atoms with Gasteiger partial charge in [-0.15, -0.1) is 0 Å². The summed E-state index contributed by atoms with van der Waals surface area (Å²) in [5.74, 6) is 0.0731. The fourth-order valence-electron chi connectivity index (χ4n) is 2.23. The fourth-order valence-corrected chi connectivity index (χ4v) is 2.23. The maximum Gasteiger partial charge on any atom is 0.258 e. The van der Waals surface area contributed by atoms with Gasteiger partial charge in [0.2, 0.25) is 0 Å². The highest BCUT2D eigenvalue weighted by Gasteiger charge is 2.08. The summed E-state index contributed by atoms with van der Waals surface area (Å²) in [4.78, 5) is 36.6. The molecule has 0 saturated heterocycles. The van der Waals surface area contributed by atoms with E-state index in [1.807, 2.05) is 0 Å². The van der Waals surface area contributed by atoms with Crippen LogP contribution in [0.4, 0.5) is 0 Å². The van der Waals surface area contributed by atoms with Crippen LogP contribution in [-0.4, -0.2) is 43.2 Å². The van der Waals surface area contributed by atoms with E-state index in [9.17, 15) is 14.4 Å². The lowest BCUT2D eigenvalue weighted by molar-refractivity contribution is -0.123. The molecule has 26 heavy (non-hydrogen) atoms. The Bertz CT molecular complexity index is 798. The third-order valence-electron chi connectivity index (χ3n) is 3.71. The van der Waals surface area contributed by atoms with Crippen molar-refractivity contribution in [2.45, 2.75) is 13.5 Å². The molecule has 0 radical (unpaired) electrons. The Kier molecular flexibility index (Phi) is 6.49. The van der Waals surface area contributed by atoms with Crippen molar-refractivity contribution in [3.8, 4) is 5.75 Å². The summed E-state index contributed by atoms with van der Waals surface area (Å²) >= 11 is 0. The summed E-state index contributed by atoms with van der Waals surface area (Å²) < 4.78 is 5.41. The molecule has 1 N–H and O–H groups in total. The molecule has 0 unspecified atom stereocenters. The number of carbonyl (C=O) groups excluding carboxylic acids is 3. The highest BCUT2D eigenvalue weighted by Crippen LogP contribution is 2.13. The van der Waals surface area contributed by atoms with E-state index in [1.165, 1.54) is 11.8 Å². The maximum atomic E-state index is 11.9.